The second-order valence-electron chi connectivity index (χ2n) is 7.82. The molecule has 0 atom stereocenters. The lowest BCUT2D eigenvalue weighted by atomic mass is 9.94. The Morgan fingerprint density at radius 1 is 1.27 bits per heavy atom. The van der Waals surface area contributed by atoms with Gasteiger partial charge >= 0.3 is 0 Å². The highest BCUT2D eigenvalue weighted by molar-refractivity contribution is 8.00. The summed E-state index contributed by atoms with van der Waals surface area (Å²) in [7, 11) is 0. The third kappa shape index (κ3) is 5.95. The van der Waals surface area contributed by atoms with Gasteiger partial charge in [-0.15, -0.1) is 11.8 Å². The van der Waals surface area contributed by atoms with Crippen molar-refractivity contribution in [3.63, 3.8) is 0 Å². The fourth-order valence-electron chi connectivity index (χ4n) is 3.43. The normalized spacial score (nSPS) is 13.5. The minimum absolute atomic E-state index is 0.00675. The number of rotatable bonds is 7. The number of carbonyl (C=O) groups excluding carboxylic acids is 2. The highest BCUT2D eigenvalue weighted by Gasteiger charge is 2.23. The predicted molar refractivity (Wildman–Crippen MR) is 121 cm³/mol. The number of hydrogen-bond donors (Lipinski definition) is 1. The second kappa shape index (κ2) is 10.4. The van der Waals surface area contributed by atoms with Crippen LogP contribution in [0.1, 0.15) is 36.2 Å². The Bertz CT molecular complexity index is 926. The van der Waals surface area contributed by atoms with E-state index in [4.69, 9.17) is 0 Å². The lowest BCUT2D eigenvalue weighted by Gasteiger charge is -2.30. The van der Waals surface area contributed by atoms with Gasteiger partial charge in [0.15, 0.2) is 0 Å². The number of pyridine rings is 1. The Labute approximate surface area is 183 Å². The summed E-state index contributed by atoms with van der Waals surface area (Å²) in [4.78, 5) is 32.2. The Kier molecular flexibility index (Phi) is 7.69. The van der Waals surface area contributed by atoms with Crippen molar-refractivity contribution in [3.8, 4) is 0 Å². The summed E-state index contributed by atoms with van der Waals surface area (Å²) >= 11 is 1.53. The minimum atomic E-state index is 0.00675. The summed E-state index contributed by atoms with van der Waals surface area (Å²) in [6.45, 7) is 7.81. The average molecular weight is 424 g/mol. The van der Waals surface area contributed by atoms with Crippen molar-refractivity contribution in [2.45, 2.75) is 45.2 Å². The molecule has 3 rings (SSSR count). The summed E-state index contributed by atoms with van der Waals surface area (Å²) in [5, 5.41) is 3.04. The smallest absolute Gasteiger partial charge is 0.246 e. The molecular formula is C24H29N3O2S. The molecule has 0 radical (unpaired) electrons. The number of nitrogens with one attached hydrogen (secondary N) is 1. The van der Waals surface area contributed by atoms with E-state index in [0.29, 0.717) is 31.3 Å². The zero-order valence-electron chi connectivity index (χ0n) is 17.9. The molecule has 0 spiro atoms. The van der Waals surface area contributed by atoms with E-state index >= 15 is 0 Å². The number of amides is 2. The first kappa shape index (κ1) is 22.1. The molecule has 1 aromatic heterocycles. The fraction of sp³-hybridized carbons (Fsp3) is 0.375. The topological polar surface area (TPSA) is 62.3 Å². The summed E-state index contributed by atoms with van der Waals surface area (Å²) in [6.07, 6.45) is 6.25. The molecule has 1 aromatic carbocycles. The van der Waals surface area contributed by atoms with Crippen molar-refractivity contribution >= 4 is 23.6 Å². The number of fused-ring (bicyclic) bond motifs is 1. The van der Waals surface area contributed by atoms with Gasteiger partial charge in [0, 0.05) is 36.4 Å². The number of nitrogens with zero attached hydrogens (tertiary/aromatic N) is 2. The van der Waals surface area contributed by atoms with E-state index in [1.807, 2.05) is 54.4 Å². The summed E-state index contributed by atoms with van der Waals surface area (Å²) in [5.74, 6) is 0.788. The van der Waals surface area contributed by atoms with Crippen LogP contribution < -0.4 is 5.32 Å². The van der Waals surface area contributed by atoms with Crippen LogP contribution in [0, 0.1) is 12.8 Å². The zero-order valence-corrected chi connectivity index (χ0v) is 18.7. The van der Waals surface area contributed by atoms with E-state index in [1.54, 1.807) is 6.08 Å². The number of benzene rings is 1. The molecule has 1 N–H and O–H groups in total. The first-order valence-electron chi connectivity index (χ1n) is 10.3. The van der Waals surface area contributed by atoms with Gasteiger partial charge in [-0.05, 0) is 54.2 Å². The lowest BCUT2D eigenvalue weighted by Crippen LogP contribution is -2.36. The van der Waals surface area contributed by atoms with Crippen LogP contribution in [0.2, 0.25) is 0 Å². The molecule has 2 amide bonds. The molecule has 5 nitrogen and oxygen atoms in total. The van der Waals surface area contributed by atoms with Gasteiger partial charge in [-0.25, -0.2) is 0 Å². The van der Waals surface area contributed by atoms with Gasteiger partial charge in [0.05, 0.1) is 5.75 Å². The molecule has 1 aliphatic heterocycles. The monoisotopic (exact) mass is 423 g/mol. The molecule has 1 aliphatic rings. The van der Waals surface area contributed by atoms with Gasteiger partial charge in [-0.2, -0.15) is 0 Å². The van der Waals surface area contributed by atoms with Crippen molar-refractivity contribution in [3.05, 3.63) is 71.1 Å². The van der Waals surface area contributed by atoms with Crippen molar-refractivity contribution in [2.75, 3.05) is 12.3 Å². The number of allylic oxidation sites excluding steroid dienone is 1. The van der Waals surface area contributed by atoms with Crippen LogP contribution >= 0.6 is 11.8 Å². The van der Waals surface area contributed by atoms with Crippen LogP contribution in [0.3, 0.4) is 0 Å². The number of thioether (sulfide) groups is 1. The minimum Gasteiger partial charge on any atom is -0.351 e. The Balaban J connectivity index is 1.61. The number of aryl methyl sites for hydroxylation is 1. The number of hydrogen-bond acceptors (Lipinski definition) is 4. The molecule has 2 heterocycles. The molecule has 0 unspecified atom stereocenters. The van der Waals surface area contributed by atoms with E-state index < -0.39 is 0 Å². The van der Waals surface area contributed by atoms with Gasteiger partial charge in [0.25, 0.3) is 0 Å². The van der Waals surface area contributed by atoms with Crippen LogP contribution in [-0.2, 0) is 29.1 Å². The third-order valence-electron chi connectivity index (χ3n) is 5.11. The van der Waals surface area contributed by atoms with Gasteiger partial charge in [-0.3, -0.25) is 14.6 Å². The van der Waals surface area contributed by atoms with Crippen LogP contribution in [0.4, 0.5) is 0 Å². The molecule has 0 bridgehead atoms. The second-order valence-corrected chi connectivity index (χ2v) is 8.87. The number of aromatic nitrogens is 1. The van der Waals surface area contributed by atoms with Gasteiger partial charge in [0.2, 0.25) is 11.8 Å². The number of carbonyl (C=O) groups is 2. The van der Waals surface area contributed by atoms with Gasteiger partial charge < -0.3 is 10.2 Å². The van der Waals surface area contributed by atoms with Gasteiger partial charge in [-0.1, -0.05) is 38.1 Å². The molecular weight excluding hydrogens is 394 g/mol. The standard InChI is InChI=1S/C24H29N3O2S/c1-17(2)9-10-24(29)27-12-11-21-19(15-27)13-25-18(3)22(21)14-26-23(28)16-30-20-7-5-4-6-8-20/h4-10,13,17H,11-12,14-16H2,1-3H3,(H,26,28)/b10-9+. The van der Waals surface area contributed by atoms with E-state index in [0.717, 1.165) is 28.1 Å². The maximum atomic E-state index is 12.4. The molecule has 0 saturated carbocycles. The average Bonchev–Trinajstić information content (AvgIpc) is 2.75. The van der Waals surface area contributed by atoms with E-state index in [1.165, 1.54) is 17.3 Å². The van der Waals surface area contributed by atoms with E-state index in [9.17, 15) is 9.59 Å². The maximum absolute atomic E-state index is 12.4. The van der Waals surface area contributed by atoms with Crippen molar-refractivity contribution in [1.82, 2.24) is 15.2 Å². The highest BCUT2D eigenvalue weighted by atomic mass is 32.2. The fourth-order valence-corrected chi connectivity index (χ4v) is 4.18. The molecule has 2 aromatic rings. The molecule has 0 aliphatic carbocycles. The first-order valence-corrected chi connectivity index (χ1v) is 11.3. The van der Waals surface area contributed by atoms with Crippen LogP contribution in [-0.4, -0.2) is 34.0 Å². The summed E-state index contributed by atoms with van der Waals surface area (Å²) < 4.78 is 0. The van der Waals surface area contributed by atoms with Crippen molar-refractivity contribution < 1.29 is 9.59 Å². The third-order valence-corrected chi connectivity index (χ3v) is 6.12. The SMILES string of the molecule is Cc1ncc2c(c1CNC(=O)CSc1ccccc1)CCN(C(=O)/C=C/C(C)C)C2. The highest BCUT2D eigenvalue weighted by Crippen LogP contribution is 2.24. The van der Waals surface area contributed by atoms with Crippen molar-refractivity contribution in [1.29, 1.82) is 0 Å². The Morgan fingerprint density at radius 3 is 2.77 bits per heavy atom. The zero-order chi connectivity index (χ0) is 21.5. The van der Waals surface area contributed by atoms with Crippen LogP contribution in [0.15, 0.2) is 53.6 Å². The molecule has 6 heteroatoms. The molecule has 158 valence electrons. The molecule has 30 heavy (non-hydrogen) atoms. The summed E-state index contributed by atoms with van der Waals surface area (Å²) in [6, 6.07) is 9.91. The molecule has 0 saturated heterocycles. The van der Waals surface area contributed by atoms with Gasteiger partial charge in [0.1, 0.15) is 0 Å². The Hall–Kier alpha value is -2.60. The van der Waals surface area contributed by atoms with Crippen LogP contribution in [0.25, 0.3) is 0 Å². The van der Waals surface area contributed by atoms with E-state index in [-0.39, 0.29) is 11.8 Å². The lowest BCUT2D eigenvalue weighted by molar-refractivity contribution is -0.127. The van der Waals surface area contributed by atoms with Crippen molar-refractivity contribution in [2.24, 2.45) is 5.92 Å². The predicted octanol–water partition coefficient (Wildman–Crippen LogP) is 3.90. The Morgan fingerprint density at radius 2 is 2.03 bits per heavy atom. The largest absolute Gasteiger partial charge is 0.351 e. The quantitative estimate of drug-likeness (QED) is 0.542. The van der Waals surface area contributed by atoms with Crippen LogP contribution in [0.5, 0.6) is 0 Å². The summed E-state index contributed by atoms with van der Waals surface area (Å²) in [5.41, 5.74) is 4.30. The van der Waals surface area contributed by atoms with E-state index in [2.05, 4.69) is 24.1 Å². The molecule has 0 fully saturated rings. The maximum Gasteiger partial charge on any atom is 0.246 e. The first-order chi connectivity index (χ1) is 14.4.